The molecule has 0 aliphatic carbocycles. The molecule has 0 amide bonds. The Morgan fingerprint density at radius 3 is 2.39 bits per heavy atom. The van der Waals surface area contributed by atoms with Gasteiger partial charge in [0.25, 0.3) is 0 Å². The van der Waals surface area contributed by atoms with Gasteiger partial charge in [-0.3, -0.25) is 4.98 Å². The van der Waals surface area contributed by atoms with Crippen LogP contribution in [0, 0.1) is 19.7 Å². The number of aromatic nitrogens is 1. The molecule has 0 saturated carbocycles. The minimum Gasteiger partial charge on any atom is -0.309 e. The fraction of sp³-hybridized carbons (Fsp3) is 0.267. The first kappa shape index (κ1) is 12.7. The van der Waals surface area contributed by atoms with Crippen LogP contribution in [0.5, 0.6) is 0 Å². The third-order valence-corrected chi connectivity index (χ3v) is 3.09. The number of nitrogens with one attached hydrogen (secondary N) is 1. The monoisotopic (exact) mass is 244 g/mol. The van der Waals surface area contributed by atoms with Crippen molar-refractivity contribution in [1.29, 1.82) is 0 Å². The van der Waals surface area contributed by atoms with E-state index in [1.807, 2.05) is 38.4 Å². The number of aryl methyl sites for hydroxylation is 2. The van der Waals surface area contributed by atoms with E-state index >= 15 is 0 Å². The third kappa shape index (κ3) is 2.57. The van der Waals surface area contributed by atoms with Crippen LogP contribution >= 0.6 is 0 Å². The van der Waals surface area contributed by atoms with Crippen LogP contribution in [-0.2, 0) is 0 Å². The Morgan fingerprint density at radius 1 is 1.11 bits per heavy atom. The van der Waals surface area contributed by atoms with Crippen LogP contribution in [0.15, 0.2) is 36.5 Å². The second-order valence-electron chi connectivity index (χ2n) is 4.46. The Bertz CT molecular complexity index is 535. The standard InChI is InChI=1S/C15H17FN2/c1-10-4-6-12(8-14(10)16)15(17-3)13-7-5-11(2)18-9-13/h4-9,15,17H,1-3H3. The number of pyridine rings is 1. The highest BCUT2D eigenvalue weighted by Gasteiger charge is 2.13. The number of hydrogen-bond acceptors (Lipinski definition) is 2. The average Bonchev–Trinajstić information content (AvgIpc) is 2.37. The molecule has 18 heavy (non-hydrogen) atoms. The van der Waals surface area contributed by atoms with Gasteiger partial charge in [0.1, 0.15) is 5.82 Å². The summed E-state index contributed by atoms with van der Waals surface area (Å²) in [6, 6.07) is 9.27. The smallest absolute Gasteiger partial charge is 0.126 e. The Balaban J connectivity index is 2.38. The van der Waals surface area contributed by atoms with Crippen molar-refractivity contribution in [2.45, 2.75) is 19.9 Å². The molecule has 0 aliphatic rings. The van der Waals surface area contributed by atoms with E-state index in [9.17, 15) is 4.39 Å². The fourth-order valence-electron chi connectivity index (χ4n) is 1.96. The number of nitrogens with zero attached hydrogens (tertiary/aromatic N) is 1. The zero-order valence-corrected chi connectivity index (χ0v) is 10.9. The minimum absolute atomic E-state index is 0.0341. The molecule has 0 saturated heterocycles. The Morgan fingerprint density at radius 2 is 1.83 bits per heavy atom. The van der Waals surface area contributed by atoms with Gasteiger partial charge in [-0.1, -0.05) is 18.2 Å². The molecule has 1 N–H and O–H groups in total. The zero-order valence-electron chi connectivity index (χ0n) is 10.9. The number of benzene rings is 1. The molecule has 0 spiro atoms. The second-order valence-corrected chi connectivity index (χ2v) is 4.46. The van der Waals surface area contributed by atoms with Gasteiger partial charge in [-0.15, -0.1) is 0 Å². The highest BCUT2D eigenvalue weighted by atomic mass is 19.1. The molecule has 1 aromatic carbocycles. The summed E-state index contributed by atoms with van der Waals surface area (Å²) in [7, 11) is 1.86. The first-order chi connectivity index (χ1) is 8.61. The van der Waals surface area contributed by atoms with E-state index in [1.165, 1.54) is 0 Å². The molecule has 0 bridgehead atoms. The normalized spacial score (nSPS) is 12.4. The highest BCUT2D eigenvalue weighted by Crippen LogP contribution is 2.23. The van der Waals surface area contributed by atoms with Crippen LogP contribution in [0.25, 0.3) is 0 Å². The lowest BCUT2D eigenvalue weighted by atomic mass is 9.99. The SMILES string of the molecule is CNC(c1ccc(C)nc1)c1ccc(C)c(F)c1. The molecule has 94 valence electrons. The maximum atomic E-state index is 13.6. The predicted octanol–water partition coefficient (Wildman–Crippen LogP) is 3.15. The lowest BCUT2D eigenvalue weighted by Crippen LogP contribution is -2.18. The van der Waals surface area contributed by atoms with Crippen molar-refractivity contribution in [2.75, 3.05) is 7.05 Å². The van der Waals surface area contributed by atoms with Crippen LogP contribution in [0.4, 0.5) is 4.39 Å². The molecular weight excluding hydrogens is 227 g/mol. The molecule has 1 heterocycles. The number of halogens is 1. The Kier molecular flexibility index (Phi) is 3.72. The van der Waals surface area contributed by atoms with E-state index in [0.29, 0.717) is 5.56 Å². The van der Waals surface area contributed by atoms with Gasteiger partial charge in [0.05, 0.1) is 6.04 Å². The maximum Gasteiger partial charge on any atom is 0.126 e. The summed E-state index contributed by atoms with van der Waals surface area (Å²) < 4.78 is 13.6. The van der Waals surface area contributed by atoms with Crippen molar-refractivity contribution in [3.63, 3.8) is 0 Å². The second kappa shape index (κ2) is 5.27. The molecular formula is C15H17FN2. The summed E-state index contributed by atoms with van der Waals surface area (Å²) in [6.45, 7) is 3.71. The zero-order chi connectivity index (χ0) is 13.1. The molecule has 2 rings (SSSR count). The van der Waals surface area contributed by atoms with Gasteiger partial charge in [-0.25, -0.2) is 4.39 Å². The van der Waals surface area contributed by atoms with E-state index in [2.05, 4.69) is 10.3 Å². The highest BCUT2D eigenvalue weighted by molar-refractivity contribution is 5.33. The van der Waals surface area contributed by atoms with Gasteiger partial charge in [-0.2, -0.15) is 0 Å². The van der Waals surface area contributed by atoms with Crippen LogP contribution in [0.2, 0.25) is 0 Å². The lowest BCUT2D eigenvalue weighted by molar-refractivity contribution is 0.608. The van der Waals surface area contributed by atoms with Gasteiger partial charge >= 0.3 is 0 Å². The molecule has 0 fully saturated rings. The molecule has 2 nitrogen and oxygen atoms in total. The topological polar surface area (TPSA) is 24.9 Å². The molecule has 0 radical (unpaired) electrons. The van der Waals surface area contributed by atoms with E-state index < -0.39 is 0 Å². The Hall–Kier alpha value is -1.74. The molecule has 0 aliphatic heterocycles. The fourth-order valence-corrected chi connectivity index (χ4v) is 1.96. The first-order valence-electron chi connectivity index (χ1n) is 5.97. The summed E-state index contributed by atoms with van der Waals surface area (Å²) in [5.41, 5.74) is 3.58. The predicted molar refractivity (Wildman–Crippen MR) is 71.0 cm³/mol. The van der Waals surface area contributed by atoms with E-state index in [-0.39, 0.29) is 11.9 Å². The van der Waals surface area contributed by atoms with Crippen LogP contribution in [0.1, 0.15) is 28.4 Å². The van der Waals surface area contributed by atoms with Gasteiger partial charge in [0.15, 0.2) is 0 Å². The van der Waals surface area contributed by atoms with Crippen molar-refractivity contribution in [2.24, 2.45) is 0 Å². The van der Waals surface area contributed by atoms with E-state index in [1.54, 1.807) is 19.1 Å². The van der Waals surface area contributed by atoms with Gasteiger partial charge < -0.3 is 5.32 Å². The summed E-state index contributed by atoms with van der Waals surface area (Å²) in [4.78, 5) is 4.28. The molecule has 3 heteroatoms. The van der Waals surface area contributed by atoms with Crippen molar-refractivity contribution in [3.05, 3.63) is 64.7 Å². The average molecular weight is 244 g/mol. The van der Waals surface area contributed by atoms with Crippen LogP contribution in [-0.4, -0.2) is 12.0 Å². The number of hydrogen-bond donors (Lipinski definition) is 1. The molecule has 1 unspecified atom stereocenters. The lowest BCUT2D eigenvalue weighted by Gasteiger charge is -2.17. The summed E-state index contributed by atoms with van der Waals surface area (Å²) in [5, 5.41) is 3.19. The van der Waals surface area contributed by atoms with E-state index in [0.717, 1.165) is 16.8 Å². The van der Waals surface area contributed by atoms with Crippen molar-refractivity contribution < 1.29 is 4.39 Å². The third-order valence-electron chi connectivity index (χ3n) is 3.09. The Labute approximate surface area is 107 Å². The minimum atomic E-state index is -0.173. The number of rotatable bonds is 3. The van der Waals surface area contributed by atoms with Gasteiger partial charge in [0, 0.05) is 11.9 Å². The summed E-state index contributed by atoms with van der Waals surface area (Å²) in [6.07, 6.45) is 1.83. The largest absolute Gasteiger partial charge is 0.309 e. The molecule has 1 aromatic heterocycles. The van der Waals surface area contributed by atoms with Crippen molar-refractivity contribution in [3.8, 4) is 0 Å². The van der Waals surface area contributed by atoms with Gasteiger partial charge in [-0.05, 0) is 49.7 Å². The summed E-state index contributed by atoms with van der Waals surface area (Å²) in [5.74, 6) is -0.173. The van der Waals surface area contributed by atoms with Crippen LogP contribution < -0.4 is 5.32 Å². The van der Waals surface area contributed by atoms with E-state index in [4.69, 9.17) is 0 Å². The molecule has 2 aromatic rings. The maximum absolute atomic E-state index is 13.6. The molecule has 1 atom stereocenters. The summed E-state index contributed by atoms with van der Waals surface area (Å²) >= 11 is 0. The van der Waals surface area contributed by atoms with Crippen molar-refractivity contribution >= 4 is 0 Å². The van der Waals surface area contributed by atoms with Crippen molar-refractivity contribution in [1.82, 2.24) is 10.3 Å². The van der Waals surface area contributed by atoms with Gasteiger partial charge in [0.2, 0.25) is 0 Å². The van der Waals surface area contributed by atoms with Crippen LogP contribution in [0.3, 0.4) is 0 Å². The first-order valence-corrected chi connectivity index (χ1v) is 5.97. The quantitative estimate of drug-likeness (QED) is 0.897.